The average Bonchev–Trinajstić information content (AvgIpc) is 2.52. The zero-order valence-corrected chi connectivity index (χ0v) is 11.0. The molecule has 0 aromatic heterocycles. The van der Waals surface area contributed by atoms with E-state index in [0.29, 0.717) is 24.4 Å². The highest BCUT2D eigenvalue weighted by atomic mass is 16.5. The third-order valence-electron chi connectivity index (χ3n) is 2.82. The van der Waals surface area contributed by atoms with Crippen LogP contribution in [0.5, 0.6) is 11.5 Å². The van der Waals surface area contributed by atoms with E-state index < -0.39 is 0 Å². The van der Waals surface area contributed by atoms with Crippen molar-refractivity contribution in [2.75, 3.05) is 7.11 Å². The van der Waals surface area contributed by atoms with E-state index in [0.717, 1.165) is 5.56 Å². The third-order valence-corrected chi connectivity index (χ3v) is 2.82. The van der Waals surface area contributed by atoms with Gasteiger partial charge in [-0.25, -0.2) is 0 Å². The van der Waals surface area contributed by atoms with Crippen LogP contribution in [-0.2, 0) is 6.61 Å². The number of benzene rings is 2. The van der Waals surface area contributed by atoms with Gasteiger partial charge >= 0.3 is 0 Å². The van der Waals surface area contributed by atoms with E-state index in [1.165, 1.54) is 19.2 Å². The van der Waals surface area contributed by atoms with Gasteiger partial charge in [0.15, 0.2) is 17.8 Å². The van der Waals surface area contributed by atoms with Gasteiger partial charge in [-0.1, -0.05) is 30.3 Å². The van der Waals surface area contributed by atoms with E-state index in [-0.39, 0.29) is 11.1 Å². The molecule has 0 saturated heterocycles. The Balaban J connectivity index is 2.27. The van der Waals surface area contributed by atoms with Gasteiger partial charge in [0.2, 0.25) is 0 Å². The van der Waals surface area contributed by atoms with Gasteiger partial charge in [0.25, 0.3) is 0 Å². The minimum absolute atomic E-state index is 0.268. The van der Waals surface area contributed by atoms with Crippen LogP contribution < -0.4 is 9.47 Å². The second kappa shape index (κ2) is 6.39. The molecule has 0 unspecified atom stereocenters. The predicted molar refractivity (Wildman–Crippen MR) is 73.9 cm³/mol. The summed E-state index contributed by atoms with van der Waals surface area (Å²) in [4.78, 5) is 11.0. The fraction of sp³-hybridized carbons (Fsp3) is 0.125. The quantitative estimate of drug-likeness (QED) is 0.781. The zero-order chi connectivity index (χ0) is 14.4. The summed E-state index contributed by atoms with van der Waals surface area (Å²) >= 11 is 0. The van der Waals surface area contributed by atoms with E-state index in [4.69, 9.17) is 14.7 Å². The lowest BCUT2D eigenvalue weighted by Gasteiger charge is -2.12. The summed E-state index contributed by atoms with van der Waals surface area (Å²) in [5.74, 6) is 0.875. The maximum atomic E-state index is 11.0. The molecule has 0 radical (unpaired) electrons. The lowest BCUT2D eigenvalue weighted by atomic mass is 10.1. The first-order valence-corrected chi connectivity index (χ1v) is 6.02. The summed E-state index contributed by atoms with van der Waals surface area (Å²) in [6, 6.07) is 14.6. The Morgan fingerprint density at radius 3 is 2.55 bits per heavy atom. The van der Waals surface area contributed by atoms with E-state index >= 15 is 0 Å². The maximum Gasteiger partial charge on any atom is 0.162 e. The number of rotatable bonds is 5. The van der Waals surface area contributed by atoms with Crippen molar-refractivity contribution in [2.45, 2.75) is 6.61 Å². The molecule has 2 aromatic rings. The van der Waals surface area contributed by atoms with Crippen LogP contribution >= 0.6 is 0 Å². The molecule has 0 N–H and O–H groups in total. The number of hydrogen-bond acceptors (Lipinski definition) is 4. The fourth-order valence-corrected chi connectivity index (χ4v) is 1.78. The van der Waals surface area contributed by atoms with E-state index in [9.17, 15) is 4.79 Å². The SMILES string of the molecule is COc1cc(C#N)c(C=O)cc1OCc1ccccc1. The molecule has 0 fully saturated rings. The molecular weight excluding hydrogens is 254 g/mol. The summed E-state index contributed by atoms with van der Waals surface area (Å²) in [6.07, 6.45) is 0.632. The van der Waals surface area contributed by atoms with Crippen molar-refractivity contribution in [3.8, 4) is 17.6 Å². The van der Waals surface area contributed by atoms with Gasteiger partial charge in [0.1, 0.15) is 12.7 Å². The molecule has 20 heavy (non-hydrogen) atoms. The van der Waals surface area contributed by atoms with Crippen LogP contribution in [0, 0.1) is 11.3 Å². The van der Waals surface area contributed by atoms with Crippen molar-refractivity contribution in [1.82, 2.24) is 0 Å². The molecule has 4 heteroatoms. The molecule has 100 valence electrons. The molecule has 0 spiro atoms. The van der Waals surface area contributed by atoms with Gasteiger partial charge in [-0.2, -0.15) is 5.26 Å². The first-order chi connectivity index (χ1) is 9.78. The molecule has 0 amide bonds. The lowest BCUT2D eigenvalue weighted by molar-refractivity contribution is 0.112. The number of carbonyl (C=O) groups excluding carboxylic acids is 1. The summed E-state index contributed by atoms with van der Waals surface area (Å²) < 4.78 is 10.8. The number of hydrogen-bond donors (Lipinski definition) is 0. The van der Waals surface area contributed by atoms with Crippen molar-refractivity contribution in [3.05, 3.63) is 59.2 Å². The predicted octanol–water partition coefficient (Wildman–Crippen LogP) is 2.96. The largest absolute Gasteiger partial charge is 0.493 e. The minimum atomic E-state index is 0.268. The lowest BCUT2D eigenvalue weighted by Crippen LogP contribution is -2.00. The van der Waals surface area contributed by atoms with Crippen molar-refractivity contribution in [1.29, 1.82) is 5.26 Å². The summed E-state index contributed by atoms with van der Waals surface area (Å²) in [5, 5.41) is 8.96. The molecule has 0 aliphatic carbocycles. The zero-order valence-electron chi connectivity index (χ0n) is 11.0. The molecule has 0 aliphatic heterocycles. The average molecular weight is 267 g/mol. The Labute approximate surface area is 117 Å². The molecule has 0 atom stereocenters. The van der Waals surface area contributed by atoms with E-state index in [1.807, 2.05) is 36.4 Å². The molecule has 0 heterocycles. The van der Waals surface area contributed by atoms with Crippen molar-refractivity contribution in [2.24, 2.45) is 0 Å². The van der Waals surface area contributed by atoms with E-state index in [2.05, 4.69) is 0 Å². The van der Waals surface area contributed by atoms with Crippen molar-refractivity contribution >= 4 is 6.29 Å². The Morgan fingerprint density at radius 1 is 1.20 bits per heavy atom. The van der Waals surface area contributed by atoms with E-state index in [1.54, 1.807) is 0 Å². The molecule has 0 saturated carbocycles. The standard InChI is InChI=1S/C16H13NO3/c1-19-15-7-13(9-17)14(10-18)8-16(15)20-11-12-5-3-2-4-6-12/h2-8,10H,11H2,1H3. The Hall–Kier alpha value is -2.80. The monoisotopic (exact) mass is 267 g/mol. The van der Waals surface area contributed by atoms with Crippen LogP contribution in [-0.4, -0.2) is 13.4 Å². The summed E-state index contributed by atoms with van der Waals surface area (Å²) in [5.41, 5.74) is 1.56. The van der Waals surface area contributed by atoms with Gasteiger partial charge in [-0.15, -0.1) is 0 Å². The fourth-order valence-electron chi connectivity index (χ4n) is 1.78. The minimum Gasteiger partial charge on any atom is -0.493 e. The van der Waals surface area contributed by atoms with Crippen LogP contribution in [0.2, 0.25) is 0 Å². The smallest absolute Gasteiger partial charge is 0.162 e. The van der Waals surface area contributed by atoms with Gasteiger partial charge in [-0.3, -0.25) is 4.79 Å². The van der Waals surface area contributed by atoms with Crippen LogP contribution in [0.25, 0.3) is 0 Å². The van der Waals surface area contributed by atoms with Crippen LogP contribution in [0.15, 0.2) is 42.5 Å². The van der Waals surface area contributed by atoms with Gasteiger partial charge in [-0.05, 0) is 11.6 Å². The second-order valence-corrected chi connectivity index (χ2v) is 4.09. The summed E-state index contributed by atoms with van der Waals surface area (Å²) in [7, 11) is 1.49. The molecular formula is C16H13NO3. The number of nitrogens with zero attached hydrogens (tertiary/aromatic N) is 1. The topological polar surface area (TPSA) is 59.3 Å². The highest BCUT2D eigenvalue weighted by molar-refractivity contribution is 5.81. The number of carbonyl (C=O) groups is 1. The van der Waals surface area contributed by atoms with Gasteiger partial charge in [0, 0.05) is 11.6 Å². The highest BCUT2D eigenvalue weighted by Gasteiger charge is 2.11. The molecule has 2 aromatic carbocycles. The summed E-state index contributed by atoms with van der Waals surface area (Å²) in [6.45, 7) is 0.362. The third kappa shape index (κ3) is 2.96. The molecule has 2 rings (SSSR count). The molecule has 4 nitrogen and oxygen atoms in total. The highest BCUT2D eigenvalue weighted by Crippen LogP contribution is 2.30. The number of aldehydes is 1. The van der Waals surface area contributed by atoms with Crippen LogP contribution in [0.3, 0.4) is 0 Å². The molecule has 0 bridgehead atoms. The number of nitriles is 1. The Morgan fingerprint density at radius 2 is 1.95 bits per heavy atom. The van der Waals surface area contributed by atoms with Gasteiger partial charge in [0.05, 0.1) is 12.7 Å². The molecule has 0 aliphatic rings. The second-order valence-electron chi connectivity index (χ2n) is 4.09. The van der Waals surface area contributed by atoms with Gasteiger partial charge < -0.3 is 9.47 Å². The number of ether oxygens (including phenoxy) is 2. The normalized spacial score (nSPS) is 9.60. The first-order valence-electron chi connectivity index (χ1n) is 6.02. The maximum absolute atomic E-state index is 11.0. The van der Waals surface area contributed by atoms with Crippen molar-refractivity contribution in [3.63, 3.8) is 0 Å². The Kier molecular flexibility index (Phi) is 4.35. The van der Waals surface area contributed by atoms with Crippen molar-refractivity contribution < 1.29 is 14.3 Å². The Bertz CT molecular complexity index is 645. The van der Waals surface area contributed by atoms with Crippen LogP contribution in [0.4, 0.5) is 0 Å². The van der Waals surface area contributed by atoms with Crippen LogP contribution in [0.1, 0.15) is 21.5 Å². The number of methoxy groups -OCH3 is 1. The first kappa shape index (κ1) is 13.6.